The Morgan fingerprint density at radius 1 is 1.03 bits per heavy atom. The molecule has 4 aliphatic carbocycles. The van der Waals surface area contributed by atoms with E-state index in [1.165, 1.54) is 37.5 Å². The highest BCUT2D eigenvalue weighted by atomic mass is 35.5. The normalized spacial score (nSPS) is 32.6. The molecule has 5 aliphatic rings. The first kappa shape index (κ1) is 23.0. The molecule has 1 amide bonds. The van der Waals surface area contributed by atoms with Crippen molar-refractivity contribution < 1.29 is 13.6 Å². The SMILES string of the molecule is Cl.O=C(NCCN1CCC(Cc2cc(F)ccc2F)CC1)C12CC3CC(CC(C3)C1)C2. The zero-order valence-electron chi connectivity index (χ0n) is 18.3. The number of nitrogens with one attached hydrogen (secondary N) is 1. The minimum absolute atomic E-state index is 0. The molecular weight excluding hydrogens is 418 g/mol. The third-order valence-electron chi connectivity index (χ3n) is 8.46. The van der Waals surface area contributed by atoms with Gasteiger partial charge in [-0.05, 0) is 118 Å². The predicted molar refractivity (Wildman–Crippen MR) is 120 cm³/mol. The van der Waals surface area contributed by atoms with Crippen LogP contribution in [0.1, 0.15) is 56.9 Å². The molecule has 6 heteroatoms. The van der Waals surface area contributed by atoms with E-state index >= 15 is 0 Å². The summed E-state index contributed by atoms with van der Waals surface area (Å²) in [5, 5.41) is 3.28. The molecule has 1 aromatic carbocycles. The molecule has 0 radical (unpaired) electrons. The number of rotatable bonds is 6. The highest BCUT2D eigenvalue weighted by Gasteiger charge is 2.54. The predicted octanol–water partition coefficient (Wildman–Crippen LogP) is 4.97. The van der Waals surface area contributed by atoms with Crippen LogP contribution in [0.3, 0.4) is 0 Å². The summed E-state index contributed by atoms with van der Waals surface area (Å²) in [6.45, 7) is 3.55. The van der Waals surface area contributed by atoms with Gasteiger partial charge in [0.15, 0.2) is 0 Å². The zero-order valence-corrected chi connectivity index (χ0v) is 19.1. The molecule has 4 saturated carbocycles. The van der Waals surface area contributed by atoms with Crippen molar-refractivity contribution >= 4 is 18.3 Å². The minimum atomic E-state index is -0.362. The van der Waals surface area contributed by atoms with Crippen LogP contribution in [-0.2, 0) is 11.2 Å². The maximum atomic E-state index is 13.9. The van der Waals surface area contributed by atoms with E-state index in [2.05, 4.69) is 10.2 Å². The molecule has 6 rings (SSSR count). The standard InChI is InChI=1S/C25H34F2N2O.ClH/c26-22-1-2-23(27)21(13-22)12-17-3-6-29(7-4-17)8-5-28-24(30)25-14-18-9-19(15-25)11-20(10-18)16-25;/h1-2,13,17-20H,3-12,14-16H2,(H,28,30);1H. The van der Waals surface area contributed by atoms with Crippen molar-refractivity contribution in [2.45, 2.75) is 57.8 Å². The number of amides is 1. The van der Waals surface area contributed by atoms with Crippen LogP contribution in [0, 0.1) is 40.7 Å². The van der Waals surface area contributed by atoms with Gasteiger partial charge < -0.3 is 10.2 Å². The number of likely N-dealkylation sites (tertiary alicyclic amines) is 1. The van der Waals surface area contributed by atoms with E-state index in [1.54, 1.807) is 0 Å². The van der Waals surface area contributed by atoms with E-state index in [1.807, 2.05) is 0 Å². The van der Waals surface area contributed by atoms with Gasteiger partial charge in [0.25, 0.3) is 0 Å². The van der Waals surface area contributed by atoms with Gasteiger partial charge in [-0.15, -0.1) is 12.4 Å². The molecule has 0 unspecified atom stereocenters. The van der Waals surface area contributed by atoms with Gasteiger partial charge >= 0.3 is 0 Å². The van der Waals surface area contributed by atoms with Crippen LogP contribution in [0.2, 0.25) is 0 Å². The van der Waals surface area contributed by atoms with Gasteiger partial charge in [0.1, 0.15) is 11.6 Å². The van der Waals surface area contributed by atoms with E-state index < -0.39 is 0 Å². The number of halogens is 3. The Morgan fingerprint density at radius 3 is 2.26 bits per heavy atom. The van der Waals surface area contributed by atoms with Gasteiger partial charge in [-0.2, -0.15) is 0 Å². The van der Waals surface area contributed by atoms with Crippen LogP contribution >= 0.6 is 12.4 Å². The van der Waals surface area contributed by atoms with Crippen molar-refractivity contribution in [3.05, 3.63) is 35.4 Å². The highest BCUT2D eigenvalue weighted by Crippen LogP contribution is 2.60. The number of benzene rings is 1. The lowest BCUT2D eigenvalue weighted by molar-refractivity contribution is -0.146. The van der Waals surface area contributed by atoms with E-state index in [0.29, 0.717) is 23.8 Å². The molecule has 31 heavy (non-hydrogen) atoms. The van der Waals surface area contributed by atoms with Crippen LogP contribution < -0.4 is 5.32 Å². The molecule has 172 valence electrons. The van der Waals surface area contributed by atoms with E-state index in [9.17, 15) is 13.6 Å². The van der Waals surface area contributed by atoms with Crippen LogP contribution in [0.4, 0.5) is 8.78 Å². The second-order valence-electron chi connectivity index (χ2n) is 10.7. The molecule has 0 atom stereocenters. The van der Waals surface area contributed by atoms with Gasteiger partial charge in [-0.25, -0.2) is 8.78 Å². The second kappa shape index (κ2) is 9.35. The van der Waals surface area contributed by atoms with Crippen molar-refractivity contribution in [1.29, 1.82) is 0 Å². The average molecular weight is 453 g/mol. The average Bonchev–Trinajstić information content (AvgIpc) is 2.71. The third-order valence-corrected chi connectivity index (χ3v) is 8.46. The summed E-state index contributed by atoms with van der Waals surface area (Å²) in [4.78, 5) is 15.5. The number of hydrogen-bond donors (Lipinski definition) is 1. The first-order chi connectivity index (χ1) is 14.5. The van der Waals surface area contributed by atoms with Gasteiger partial charge in [-0.3, -0.25) is 4.79 Å². The molecule has 0 spiro atoms. The summed E-state index contributed by atoms with van der Waals surface area (Å²) < 4.78 is 27.3. The number of nitrogens with zero attached hydrogens (tertiary/aromatic N) is 1. The molecule has 1 aromatic rings. The quantitative estimate of drug-likeness (QED) is 0.660. The Hall–Kier alpha value is -1.20. The third kappa shape index (κ3) is 4.93. The highest BCUT2D eigenvalue weighted by molar-refractivity contribution is 5.85. The fourth-order valence-electron chi connectivity index (χ4n) is 7.33. The fraction of sp³-hybridized carbons (Fsp3) is 0.720. The molecule has 1 aliphatic heterocycles. The van der Waals surface area contributed by atoms with Gasteiger partial charge in [0, 0.05) is 18.5 Å². The monoisotopic (exact) mass is 452 g/mol. The summed E-state index contributed by atoms with van der Waals surface area (Å²) >= 11 is 0. The Bertz CT molecular complexity index is 758. The Labute approximate surface area is 190 Å². The Kier molecular flexibility index (Phi) is 6.93. The molecule has 0 aromatic heterocycles. The van der Waals surface area contributed by atoms with Crippen molar-refractivity contribution in [3.63, 3.8) is 0 Å². The maximum absolute atomic E-state index is 13.9. The molecule has 4 bridgehead atoms. The zero-order chi connectivity index (χ0) is 20.7. The number of carbonyl (C=O) groups is 1. The largest absolute Gasteiger partial charge is 0.354 e. The minimum Gasteiger partial charge on any atom is -0.354 e. The summed E-state index contributed by atoms with van der Waals surface area (Å²) in [6.07, 6.45) is 10.0. The lowest BCUT2D eigenvalue weighted by atomic mass is 9.49. The lowest BCUT2D eigenvalue weighted by Gasteiger charge is -2.55. The Morgan fingerprint density at radius 2 is 1.65 bits per heavy atom. The summed E-state index contributed by atoms with van der Waals surface area (Å²) in [5.74, 6) is 2.44. The first-order valence-electron chi connectivity index (χ1n) is 11.9. The van der Waals surface area contributed by atoms with E-state index in [4.69, 9.17) is 0 Å². The number of piperidine rings is 1. The van der Waals surface area contributed by atoms with Crippen LogP contribution in [0.15, 0.2) is 18.2 Å². The summed E-state index contributed by atoms with van der Waals surface area (Å²) in [6, 6.07) is 3.74. The molecular formula is C25H35ClF2N2O. The molecule has 3 nitrogen and oxygen atoms in total. The lowest BCUT2D eigenvalue weighted by Crippen LogP contribution is -2.54. The second-order valence-corrected chi connectivity index (χ2v) is 10.7. The van der Waals surface area contributed by atoms with Crippen LogP contribution in [-0.4, -0.2) is 37.0 Å². The Balaban J connectivity index is 0.00000231. The van der Waals surface area contributed by atoms with Gasteiger partial charge in [-0.1, -0.05) is 0 Å². The summed E-state index contributed by atoms with van der Waals surface area (Å²) in [7, 11) is 0. The van der Waals surface area contributed by atoms with Crippen LogP contribution in [0.25, 0.3) is 0 Å². The fourth-order valence-corrected chi connectivity index (χ4v) is 7.33. The maximum Gasteiger partial charge on any atom is 0.226 e. The van der Waals surface area contributed by atoms with Crippen molar-refractivity contribution in [2.24, 2.45) is 29.1 Å². The molecule has 1 heterocycles. The first-order valence-corrected chi connectivity index (χ1v) is 11.9. The number of carbonyl (C=O) groups excluding carboxylic acids is 1. The topological polar surface area (TPSA) is 32.3 Å². The van der Waals surface area contributed by atoms with Gasteiger partial charge in [0.05, 0.1) is 0 Å². The molecule has 1 saturated heterocycles. The van der Waals surface area contributed by atoms with Crippen LogP contribution in [0.5, 0.6) is 0 Å². The van der Waals surface area contributed by atoms with Crippen molar-refractivity contribution in [3.8, 4) is 0 Å². The van der Waals surface area contributed by atoms with E-state index in [0.717, 1.165) is 76.0 Å². The van der Waals surface area contributed by atoms with Crippen molar-refractivity contribution in [2.75, 3.05) is 26.2 Å². The smallest absolute Gasteiger partial charge is 0.226 e. The summed E-state index contributed by atoms with van der Waals surface area (Å²) in [5.41, 5.74) is 0.438. The van der Waals surface area contributed by atoms with Gasteiger partial charge in [0.2, 0.25) is 5.91 Å². The number of hydrogen-bond acceptors (Lipinski definition) is 2. The molecule has 1 N–H and O–H groups in total. The van der Waals surface area contributed by atoms with E-state index in [-0.39, 0.29) is 29.5 Å². The molecule has 5 fully saturated rings. The van der Waals surface area contributed by atoms with Crippen molar-refractivity contribution in [1.82, 2.24) is 10.2 Å².